The van der Waals surface area contributed by atoms with Crippen LogP contribution in [0.5, 0.6) is 11.5 Å². The average molecular weight is 304 g/mol. The first-order chi connectivity index (χ1) is 10.8. The summed E-state index contributed by atoms with van der Waals surface area (Å²) >= 11 is 0. The summed E-state index contributed by atoms with van der Waals surface area (Å²) in [7, 11) is 3.70. The van der Waals surface area contributed by atoms with E-state index in [1.807, 2.05) is 24.3 Å². The lowest BCUT2D eigenvalue weighted by Gasteiger charge is -2.30. The molecular formula is C15H20N4O3. The molecule has 22 heavy (non-hydrogen) atoms. The summed E-state index contributed by atoms with van der Waals surface area (Å²) in [5.74, 6) is 2.70. The van der Waals surface area contributed by atoms with Gasteiger partial charge in [0, 0.05) is 19.6 Å². The topological polar surface area (TPSA) is 72.7 Å². The van der Waals surface area contributed by atoms with Crippen molar-refractivity contribution >= 4 is 0 Å². The monoisotopic (exact) mass is 304 g/mol. The Labute approximate surface area is 129 Å². The fourth-order valence-electron chi connectivity index (χ4n) is 2.37. The Morgan fingerprint density at radius 3 is 2.82 bits per heavy atom. The zero-order valence-electron chi connectivity index (χ0n) is 12.8. The number of hydrogen-bond donors (Lipinski definition) is 1. The molecule has 1 aliphatic rings. The van der Waals surface area contributed by atoms with Gasteiger partial charge in [-0.25, -0.2) is 0 Å². The van der Waals surface area contributed by atoms with Gasteiger partial charge in [-0.2, -0.15) is 4.98 Å². The van der Waals surface area contributed by atoms with Gasteiger partial charge in [0.15, 0.2) is 12.4 Å². The molecule has 3 rings (SSSR count). The predicted octanol–water partition coefficient (Wildman–Crippen LogP) is 1.23. The number of nitrogens with zero attached hydrogens (tertiary/aromatic N) is 3. The quantitative estimate of drug-likeness (QED) is 0.890. The third-order valence-corrected chi connectivity index (χ3v) is 3.71. The largest absolute Gasteiger partial charge is 0.497 e. The molecule has 1 aromatic heterocycles. The molecule has 118 valence electrons. The molecule has 0 saturated carbocycles. The van der Waals surface area contributed by atoms with Crippen molar-refractivity contribution in [2.24, 2.45) is 0 Å². The highest BCUT2D eigenvalue weighted by Gasteiger charge is 2.25. The minimum Gasteiger partial charge on any atom is -0.497 e. The molecule has 7 nitrogen and oxygen atoms in total. The molecule has 0 spiro atoms. The number of likely N-dealkylation sites (N-methyl/N-ethyl adjacent to an activating group) is 1. The van der Waals surface area contributed by atoms with Crippen LogP contribution in [0.2, 0.25) is 0 Å². The van der Waals surface area contributed by atoms with Gasteiger partial charge < -0.3 is 19.3 Å². The standard InChI is InChI=1S/C15H20N4O3/c1-19-8-7-16-9-13(19)15-17-14(22-18-15)10-21-12-5-3-11(20-2)4-6-12/h3-6,13,16H,7-10H2,1-2H3. The van der Waals surface area contributed by atoms with Crippen LogP contribution in [0.4, 0.5) is 0 Å². The molecule has 7 heteroatoms. The Morgan fingerprint density at radius 2 is 2.09 bits per heavy atom. The van der Waals surface area contributed by atoms with Gasteiger partial charge in [-0.05, 0) is 31.3 Å². The van der Waals surface area contributed by atoms with E-state index in [4.69, 9.17) is 14.0 Å². The first-order valence-corrected chi connectivity index (χ1v) is 7.26. The highest BCUT2D eigenvalue weighted by molar-refractivity contribution is 5.31. The summed E-state index contributed by atoms with van der Waals surface area (Å²) in [6.45, 7) is 3.03. The molecule has 1 aromatic carbocycles. The smallest absolute Gasteiger partial charge is 0.264 e. The van der Waals surface area contributed by atoms with Crippen LogP contribution < -0.4 is 14.8 Å². The van der Waals surface area contributed by atoms with Gasteiger partial charge >= 0.3 is 0 Å². The number of rotatable bonds is 5. The van der Waals surface area contributed by atoms with E-state index in [1.165, 1.54) is 0 Å². The van der Waals surface area contributed by atoms with Crippen LogP contribution >= 0.6 is 0 Å². The summed E-state index contributed by atoms with van der Waals surface area (Å²) in [4.78, 5) is 6.64. The summed E-state index contributed by atoms with van der Waals surface area (Å²) in [5, 5.41) is 7.40. The Kier molecular flexibility index (Phi) is 4.55. The number of hydrogen-bond acceptors (Lipinski definition) is 7. The zero-order valence-corrected chi connectivity index (χ0v) is 12.8. The number of piperazine rings is 1. The molecule has 1 atom stereocenters. The van der Waals surface area contributed by atoms with Crippen LogP contribution in [0.1, 0.15) is 17.8 Å². The first-order valence-electron chi connectivity index (χ1n) is 7.26. The van der Waals surface area contributed by atoms with Crippen LogP contribution in [0.15, 0.2) is 28.8 Å². The molecule has 0 bridgehead atoms. The van der Waals surface area contributed by atoms with Crippen molar-refractivity contribution in [2.75, 3.05) is 33.8 Å². The average Bonchev–Trinajstić information content (AvgIpc) is 3.02. The van der Waals surface area contributed by atoms with Crippen molar-refractivity contribution in [3.05, 3.63) is 36.0 Å². The summed E-state index contributed by atoms with van der Waals surface area (Å²) in [6, 6.07) is 7.52. The third kappa shape index (κ3) is 3.37. The molecule has 1 aliphatic heterocycles. The fraction of sp³-hybridized carbons (Fsp3) is 0.467. The molecule has 2 heterocycles. The normalized spacial score (nSPS) is 19.1. The molecule has 1 fully saturated rings. The summed E-state index contributed by atoms with van der Waals surface area (Å²) < 4.78 is 16.0. The maximum atomic E-state index is 5.64. The van der Waals surface area contributed by atoms with E-state index in [1.54, 1.807) is 7.11 Å². The third-order valence-electron chi connectivity index (χ3n) is 3.71. The van der Waals surface area contributed by atoms with Crippen molar-refractivity contribution in [2.45, 2.75) is 12.6 Å². The van der Waals surface area contributed by atoms with Crippen LogP contribution in [0.3, 0.4) is 0 Å². The first kappa shape index (κ1) is 14.8. The minimum atomic E-state index is 0.146. The van der Waals surface area contributed by atoms with Gasteiger partial charge in [-0.3, -0.25) is 4.90 Å². The predicted molar refractivity (Wildman–Crippen MR) is 79.9 cm³/mol. The van der Waals surface area contributed by atoms with Crippen LogP contribution in [0.25, 0.3) is 0 Å². The van der Waals surface area contributed by atoms with Crippen LogP contribution in [-0.4, -0.2) is 48.8 Å². The second-order valence-electron chi connectivity index (χ2n) is 5.21. The number of methoxy groups -OCH3 is 1. The Bertz CT molecular complexity index is 599. The van der Waals surface area contributed by atoms with Crippen molar-refractivity contribution in [3.8, 4) is 11.5 Å². The Balaban J connectivity index is 1.59. The van der Waals surface area contributed by atoms with E-state index in [0.717, 1.165) is 31.1 Å². The van der Waals surface area contributed by atoms with Crippen molar-refractivity contribution < 1.29 is 14.0 Å². The number of aromatic nitrogens is 2. The molecule has 0 radical (unpaired) electrons. The van der Waals surface area contributed by atoms with Gasteiger partial charge in [0.2, 0.25) is 0 Å². The lowest BCUT2D eigenvalue weighted by atomic mass is 10.2. The number of nitrogens with one attached hydrogen (secondary N) is 1. The highest BCUT2D eigenvalue weighted by Crippen LogP contribution is 2.20. The van der Waals surface area contributed by atoms with Crippen molar-refractivity contribution in [3.63, 3.8) is 0 Å². The van der Waals surface area contributed by atoms with Gasteiger partial charge in [0.1, 0.15) is 11.5 Å². The minimum absolute atomic E-state index is 0.146. The van der Waals surface area contributed by atoms with Crippen LogP contribution in [0, 0.1) is 0 Å². The molecule has 2 aromatic rings. The Hall–Kier alpha value is -2.12. The van der Waals surface area contributed by atoms with E-state index in [2.05, 4.69) is 27.4 Å². The SMILES string of the molecule is COc1ccc(OCc2nc(C3CNCCN3C)no2)cc1. The lowest BCUT2D eigenvalue weighted by molar-refractivity contribution is 0.189. The van der Waals surface area contributed by atoms with Crippen molar-refractivity contribution in [1.29, 1.82) is 0 Å². The molecule has 1 N–H and O–H groups in total. The highest BCUT2D eigenvalue weighted by atomic mass is 16.5. The summed E-state index contributed by atoms with van der Waals surface area (Å²) in [6.07, 6.45) is 0. The van der Waals surface area contributed by atoms with Gasteiger partial charge in [-0.1, -0.05) is 5.16 Å². The summed E-state index contributed by atoms with van der Waals surface area (Å²) in [5.41, 5.74) is 0. The van der Waals surface area contributed by atoms with E-state index in [0.29, 0.717) is 11.7 Å². The molecule has 0 amide bonds. The van der Waals surface area contributed by atoms with Gasteiger partial charge in [-0.15, -0.1) is 0 Å². The van der Waals surface area contributed by atoms with Crippen molar-refractivity contribution in [1.82, 2.24) is 20.4 Å². The molecule has 1 saturated heterocycles. The maximum absolute atomic E-state index is 5.64. The molecule has 0 aliphatic carbocycles. The number of ether oxygens (including phenoxy) is 2. The van der Waals surface area contributed by atoms with Crippen LogP contribution in [-0.2, 0) is 6.61 Å². The zero-order chi connectivity index (χ0) is 15.4. The Morgan fingerprint density at radius 1 is 1.32 bits per heavy atom. The van der Waals surface area contributed by atoms with E-state index in [-0.39, 0.29) is 12.6 Å². The van der Waals surface area contributed by atoms with E-state index >= 15 is 0 Å². The fourth-order valence-corrected chi connectivity index (χ4v) is 2.37. The van der Waals surface area contributed by atoms with Gasteiger partial charge in [0.25, 0.3) is 5.89 Å². The lowest BCUT2D eigenvalue weighted by Crippen LogP contribution is -2.44. The second kappa shape index (κ2) is 6.76. The van der Waals surface area contributed by atoms with Gasteiger partial charge in [0.05, 0.1) is 13.2 Å². The maximum Gasteiger partial charge on any atom is 0.264 e. The molecule has 1 unspecified atom stereocenters. The number of benzene rings is 1. The second-order valence-corrected chi connectivity index (χ2v) is 5.21. The van der Waals surface area contributed by atoms with E-state index < -0.39 is 0 Å². The van der Waals surface area contributed by atoms with E-state index in [9.17, 15) is 0 Å². The molecular weight excluding hydrogens is 284 g/mol.